The van der Waals surface area contributed by atoms with Crippen LogP contribution >= 0.6 is 0 Å². The zero-order valence-electron chi connectivity index (χ0n) is 13.0. The Morgan fingerprint density at radius 1 is 1.17 bits per heavy atom. The van der Waals surface area contributed by atoms with E-state index in [1.54, 1.807) is 0 Å². The monoisotopic (exact) mass is 319 g/mol. The fourth-order valence-electron chi connectivity index (χ4n) is 2.43. The fraction of sp³-hybridized carbons (Fsp3) is 0.278. The van der Waals surface area contributed by atoms with Crippen molar-refractivity contribution in [1.82, 2.24) is 5.32 Å². The third kappa shape index (κ3) is 4.36. The van der Waals surface area contributed by atoms with Crippen molar-refractivity contribution in [2.75, 3.05) is 0 Å². The van der Waals surface area contributed by atoms with Crippen LogP contribution in [-0.2, 0) is 11.2 Å². The van der Waals surface area contributed by atoms with Gasteiger partial charge in [0.15, 0.2) is 0 Å². The van der Waals surface area contributed by atoms with Gasteiger partial charge in [-0.05, 0) is 31.5 Å². The molecular weight excluding hydrogens is 300 g/mol. The number of aliphatic hydroxyl groups is 1. The van der Waals surface area contributed by atoms with Gasteiger partial charge in [-0.1, -0.05) is 35.9 Å². The lowest BCUT2D eigenvalue weighted by atomic mass is 10.0. The molecule has 0 aliphatic heterocycles. The normalized spacial score (nSPS) is 13.4. The van der Waals surface area contributed by atoms with Gasteiger partial charge in [0.25, 0.3) is 0 Å². The molecule has 23 heavy (non-hydrogen) atoms. The molecule has 2 atom stereocenters. The van der Waals surface area contributed by atoms with Crippen LogP contribution in [0.1, 0.15) is 29.7 Å². The van der Waals surface area contributed by atoms with Crippen LogP contribution in [0.15, 0.2) is 42.5 Å². The van der Waals surface area contributed by atoms with Crippen molar-refractivity contribution in [2.45, 2.75) is 32.4 Å². The lowest BCUT2D eigenvalue weighted by Gasteiger charge is -2.21. The lowest BCUT2D eigenvalue weighted by molar-refractivity contribution is -0.121. The first-order chi connectivity index (χ1) is 10.9. The predicted molar refractivity (Wildman–Crippen MR) is 83.8 cm³/mol. The van der Waals surface area contributed by atoms with E-state index >= 15 is 0 Å². The van der Waals surface area contributed by atoms with Crippen LogP contribution in [0, 0.1) is 18.6 Å². The highest BCUT2D eigenvalue weighted by molar-refractivity contribution is 5.79. The van der Waals surface area contributed by atoms with E-state index in [0.717, 1.165) is 23.3 Å². The number of carbonyl (C=O) groups is 1. The van der Waals surface area contributed by atoms with Crippen molar-refractivity contribution in [1.29, 1.82) is 0 Å². The summed E-state index contributed by atoms with van der Waals surface area (Å²) in [5.74, 6) is -1.99. The minimum absolute atomic E-state index is 0.137. The first kappa shape index (κ1) is 17.1. The zero-order valence-corrected chi connectivity index (χ0v) is 13.0. The topological polar surface area (TPSA) is 49.3 Å². The molecule has 1 amide bonds. The number of hydrogen-bond acceptors (Lipinski definition) is 2. The second-order valence-electron chi connectivity index (χ2n) is 5.60. The van der Waals surface area contributed by atoms with Gasteiger partial charge < -0.3 is 10.4 Å². The first-order valence-corrected chi connectivity index (χ1v) is 7.35. The lowest BCUT2D eigenvalue weighted by Crippen LogP contribution is -2.38. The van der Waals surface area contributed by atoms with Gasteiger partial charge in [0.2, 0.25) is 5.91 Å². The Hall–Kier alpha value is -2.27. The van der Waals surface area contributed by atoms with E-state index in [0.29, 0.717) is 0 Å². The smallest absolute Gasteiger partial charge is 0.224 e. The SMILES string of the molecule is Cc1cccc(CC(=O)N[C@@H](C)[C@H](O)c2c(F)cccc2F)c1. The summed E-state index contributed by atoms with van der Waals surface area (Å²) in [7, 11) is 0. The molecule has 0 aliphatic rings. The second-order valence-corrected chi connectivity index (χ2v) is 5.60. The highest BCUT2D eigenvalue weighted by atomic mass is 19.1. The van der Waals surface area contributed by atoms with Gasteiger partial charge in [-0.15, -0.1) is 0 Å². The van der Waals surface area contributed by atoms with E-state index in [1.807, 2.05) is 31.2 Å². The third-order valence-corrected chi connectivity index (χ3v) is 3.60. The maximum Gasteiger partial charge on any atom is 0.224 e. The maximum absolute atomic E-state index is 13.7. The van der Waals surface area contributed by atoms with Crippen molar-refractivity contribution in [3.63, 3.8) is 0 Å². The molecule has 2 aromatic rings. The first-order valence-electron chi connectivity index (χ1n) is 7.35. The molecule has 0 heterocycles. The number of aliphatic hydroxyl groups excluding tert-OH is 1. The number of hydrogen-bond donors (Lipinski definition) is 2. The summed E-state index contributed by atoms with van der Waals surface area (Å²) in [6.07, 6.45) is -1.32. The summed E-state index contributed by atoms with van der Waals surface area (Å²) in [6, 6.07) is 10.0. The molecule has 0 bridgehead atoms. The zero-order chi connectivity index (χ0) is 17.0. The van der Waals surface area contributed by atoms with Gasteiger partial charge >= 0.3 is 0 Å². The van der Waals surface area contributed by atoms with E-state index < -0.39 is 29.3 Å². The molecule has 3 nitrogen and oxygen atoms in total. The summed E-state index contributed by atoms with van der Waals surface area (Å²) in [4.78, 5) is 12.0. The molecule has 0 saturated heterocycles. The number of carbonyl (C=O) groups excluding carboxylic acids is 1. The molecule has 2 rings (SSSR count). The number of amides is 1. The van der Waals surface area contributed by atoms with Gasteiger partial charge in [-0.2, -0.15) is 0 Å². The van der Waals surface area contributed by atoms with Crippen LogP contribution in [0.5, 0.6) is 0 Å². The Kier molecular flexibility index (Phi) is 5.45. The van der Waals surface area contributed by atoms with Crippen molar-refractivity contribution in [3.05, 3.63) is 70.8 Å². The Balaban J connectivity index is 2.03. The summed E-state index contributed by atoms with van der Waals surface area (Å²) in [5.41, 5.74) is 1.44. The number of benzene rings is 2. The number of rotatable bonds is 5. The van der Waals surface area contributed by atoms with E-state index in [9.17, 15) is 18.7 Å². The molecule has 0 unspecified atom stereocenters. The fourth-order valence-corrected chi connectivity index (χ4v) is 2.43. The molecule has 0 aliphatic carbocycles. The molecule has 0 radical (unpaired) electrons. The van der Waals surface area contributed by atoms with Crippen LogP contribution < -0.4 is 5.32 Å². The summed E-state index contributed by atoms with van der Waals surface area (Å²) in [6.45, 7) is 3.43. The highest BCUT2D eigenvalue weighted by Gasteiger charge is 2.24. The molecule has 5 heteroatoms. The molecule has 0 aromatic heterocycles. The molecule has 122 valence electrons. The van der Waals surface area contributed by atoms with Crippen molar-refractivity contribution >= 4 is 5.91 Å². The van der Waals surface area contributed by atoms with Crippen LogP contribution in [0.25, 0.3) is 0 Å². The van der Waals surface area contributed by atoms with Crippen LogP contribution in [0.2, 0.25) is 0 Å². The molecular formula is C18H19F2NO2. The molecule has 2 aromatic carbocycles. The molecule has 2 N–H and O–H groups in total. The van der Waals surface area contributed by atoms with E-state index in [2.05, 4.69) is 5.32 Å². The minimum Gasteiger partial charge on any atom is -0.386 e. The quantitative estimate of drug-likeness (QED) is 0.890. The van der Waals surface area contributed by atoms with Gasteiger partial charge in [0.05, 0.1) is 18.0 Å². The van der Waals surface area contributed by atoms with Gasteiger partial charge in [0, 0.05) is 0 Å². The largest absolute Gasteiger partial charge is 0.386 e. The third-order valence-electron chi connectivity index (χ3n) is 3.60. The van der Waals surface area contributed by atoms with Gasteiger partial charge in [-0.25, -0.2) is 8.78 Å². The summed E-state index contributed by atoms with van der Waals surface area (Å²) in [5, 5.41) is 12.7. The van der Waals surface area contributed by atoms with Crippen LogP contribution in [0.4, 0.5) is 8.78 Å². The van der Waals surface area contributed by atoms with Crippen molar-refractivity contribution in [2.24, 2.45) is 0 Å². The maximum atomic E-state index is 13.7. The van der Waals surface area contributed by atoms with Gasteiger partial charge in [-0.3, -0.25) is 4.79 Å². The van der Waals surface area contributed by atoms with Gasteiger partial charge in [0.1, 0.15) is 17.7 Å². The standard InChI is InChI=1S/C18H19F2NO2/c1-11-5-3-6-13(9-11)10-16(22)21-12(2)18(23)17-14(19)7-4-8-15(17)20/h3-9,12,18,23H,10H2,1-2H3,(H,21,22)/t12-,18-/m0/s1. The Bertz CT molecular complexity index is 683. The molecule has 0 fully saturated rings. The molecule has 0 spiro atoms. The predicted octanol–water partition coefficient (Wildman–Crippen LogP) is 3.05. The van der Waals surface area contributed by atoms with Crippen LogP contribution in [0.3, 0.4) is 0 Å². The summed E-state index contributed by atoms with van der Waals surface area (Å²) >= 11 is 0. The Labute approximate surface area is 134 Å². The number of nitrogens with one attached hydrogen (secondary N) is 1. The summed E-state index contributed by atoms with van der Waals surface area (Å²) < 4.78 is 27.4. The van der Waals surface area contributed by atoms with E-state index in [4.69, 9.17) is 0 Å². The van der Waals surface area contributed by atoms with E-state index in [1.165, 1.54) is 13.0 Å². The van der Waals surface area contributed by atoms with Crippen LogP contribution in [-0.4, -0.2) is 17.1 Å². The average molecular weight is 319 g/mol. The average Bonchev–Trinajstić information content (AvgIpc) is 2.46. The van der Waals surface area contributed by atoms with Crippen molar-refractivity contribution < 1.29 is 18.7 Å². The molecule has 0 saturated carbocycles. The minimum atomic E-state index is -1.46. The van der Waals surface area contributed by atoms with Crippen molar-refractivity contribution in [3.8, 4) is 0 Å². The van der Waals surface area contributed by atoms with E-state index in [-0.39, 0.29) is 12.3 Å². The Morgan fingerprint density at radius 3 is 2.39 bits per heavy atom. The second kappa shape index (κ2) is 7.33. The number of aryl methyl sites for hydroxylation is 1. The Morgan fingerprint density at radius 2 is 1.78 bits per heavy atom. The number of halogens is 2. The highest BCUT2D eigenvalue weighted by Crippen LogP contribution is 2.23.